The molecular formula is C15H13N7O. The number of aromatic amines is 1. The number of fused-ring (bicyclic) bond motifs is 1. The van der Waals surface area contributed by atoms with E-state index >= 15 is 0 Å². The molecule has 0 amide bonds. The lowest BCUT2D eigenvalue weighted by molar-refractivity contribution is 0.436. The molecule has 4 rings (SSSR count). The molecule has 1 fully saturated rings. The molecule has 3 aromatic rings. The number of hydrogen-bond donors (Lipinski definition) is 1. The third-order valence-corrected chi connectivity index (χ3v) is 4.10. The molecular weight excluding hydrogens is 294 g/mol. The van der Waals surface area contributed by atoms with Crippen molar-refractivity contribution >= 4 is 16.7 Å². The molecule has 1 N–H and O–H groups in total. The Labute approximate surface area is 131 Å². The molecule has 1 aliphatic rings. The van der Waals surface area contributed by atoms with Gasteiger partial charge in [-0.1, -0.05) is 0 Å². The van der Waals surface area contributed by atoms with Crippen LogP contribution in [-0.2, 0) is 0 Å². The van der Waals surface area contributed by atoms with Gasteiger partial charge in [-0.2, -0.15) is 20.3 Å². The molecule has 114 valence electrons. The van der Waals surface area contributed by atoms with Gasteiger partial charge in [0.05, 0.1) is 29.6 Å². The Morgan fingerprint density at radius 2 is 2.13 bits per heavy atom. The number of rotatable bonds is 2. The van der Waals surface area contributed by atoms with Gasteiger partial charge in [-0.15, -0.1) is 0 Å². The summed E-state index contributed by atoms with van der Waals surface area (Å²) in [6.07, 6.45) is 5.80. The maximum absolute atomic E-state index is 12.2. The lowest BCUT2D eigenvalue weighted by atomic mass is 10.1. The van der Waals surface area contributed by atoms with Crippen molar-refractivity contribution in [2.75, 3.05) is 18.0 Å². The topological polar surface area (TPSA) is 103 Å². The Balaban J connectivity index is 1.83. The van der Waals surface area contributed by atoms with Gasteiger partial charge < -0.3 is 9.88 Å². The number of nitrogens with one attached hydrogen (secondary N) is 1. The Morgan fingerprint density at radius 3 is 2.91 bits per heavy atom. The van der Waals surface area contributed by atoms with Crippen LogP contribution >= 0.6 is 0 Å². The fourth-order valence-electron chi connectivity index (χ4n) is 3.07. The van der Waals surface area contributed by atoms with Crippen molar-refractivity contribution in [3.63, 3.8) is 0 Å². The Morgan fingerprint density at radius 1 is 1.30 bits per heavy atom. The summed E-state index contributed by atoms with van der Waals surface area (Å²) in [5, 5.41) is 17.8. The molecule has 1 atom stereocenters. The summed E-state index contributed by atoms with van der Waals surface area (Å²) >= 11 is 0. The zero-order valence-corrected chi connectivity index (χ0v) is 12.2. The molecule has 0 bridgehead atoms. The van der Waals surface area contributed by atoms with Gasteiger partial charge in [-0.05, 0) is 18.6 Å². The maximum Gasteiger partial charge on any atom is 0.268 e. The zero-order chi connectivity index (χ0) is 15.8. The van der Waals surface area contributed by atoms with E-state index in [1.165, 1.54) is 0 Å². The van der Waals surface area contributed by atoms with E-state index in [0.29, 0.717) is 23.3 Å². The second-order valence-electron chi connectivity index (χ2n) is 5.43. The number of hydrogen-bond acceptors (Lipinski definition) is 6. The number of aromatic nitrogens is 5. The van der Waals surface area contributed by atoms with E-state index in [-0.39, 0.29) is 17.2 Å². The molecule has 0 radical (unpaired) electrons. The van der Waals surface area contributed by atoms with Crippen molar-refractivity contribution in [3.05, 3.63) is 46.6 Å². The largest absolute Gasteiger partial charge is 0.366 e. The minimum atomic E-state index is -0.385. The molecule has 0 saturated carbocycles. The van der Waals surface area contributed by atoms with Gasteiger partial charge in [-0.25, -0.2) is 0 Å². The Kier molecular flexibility index (Phi) is 3.05. The molecule has 0 aliphatic carbocycles. The Hall–Kier alpha value is -3.21. The minimum Gasteiger partial charge on any atom is -0.366 e. The highest BCUT2D eigenvalue weighted by Crippen LogP contribution is 2.31. The van der Waals surface area contributed by atoms with Gasteiger partial charge in [-0.3, -0.25) is 9.78 Å². The van der Waals surface area contributed by atoms with Gasteiger partial charge in [0.15, 0.2) is 0 Å². The van der Waals surface area contributed by atoms with E-state index in [1.807, 2.05) is 11.0 Å². The van der Waals surface area contributed by atoms with Gasteiger partial charge in [0.1, 0.15) is 17.1 Å². The van der Waals surface area contributed by atoms with Crippen molar-refractivity contribution in [3.8, 4) is 6.07 Å². The number of nitriles is 1. The first-order valence-electron chi connectivity index (χ1n) is 7.30. The highest BCUT2D eigenvalue weighted by atomic mass is 16.1. The summed E-state index contributed by atoms with van der Waals surface area (Å²) in [6.45, 7) is 1.36. The molecule has 4 heterocycles. The summed E-state index contributed by atoms with van der Waals surface area (Å²) in [4.78, 5) is 23.0. The molecule has 0 aromatic carbocycles. The maximum atomic E-state index is 12.2. The van der Waals surface area contributed by atoms with Crippen LogP contribution in [0, 0.1) is 11.3 Å². The van der Waals surface area contributed by atoms with Crippen molar-refractivity contribution < 1.29 is 0 Å². The van der Waals surface area contributed by atoms with E-state index in [0.717, 1.165) is 13.0 Å². The van der Waals surface area contributed by atoms with Gasteiger partial charge in [0.25, 0.3) is 5.56 Å². The second kappa shape index (κ2) is 5.21. The zero-order valence-electron chi connectivity index (χ0n) is 12.2. The average Bonchev–Trinajstić information content (AvgIpc) is 3.24. The molecule has 8 nitrogen and oxygen atoms in total. The van der Waals surface area contributed by atoms with Crippen molar-refractivity contribution in [2.24, 2.45) is 0 Å². The first-order valence-corrected chi connectivity index (χ1v) is 7.30. The van der Waals surface area contributed by atoms with Crippen LogP contribution in [-0.4, -0.2) is 38.1 Å². The molecule has 3 aromatic heterocycles. The van der Waals surface area contributed by atoms with Crippen molar-refractivity contribution in [2.45, 2.75) is 12.5 Å². The molecule has 23 heavy (non-hydrogen) atoms. The third kappa shape index (κ3) is 2.14. The minimum absolute atomic E-state index is 0.102. The third-order valence-electron chi connectivity index (χ3n) is 4.10. The first kappa shape index (κ1) is 13.5. The van der Waals surface area contributed by atoms with Crippen LogP contribution in [0.2, 0.25) is 0 Å². The van der Waals surface area contributed by atoms with Crippen LogP contribution in [0.25, 0.3) is 11.0 Å². The van der Waals surface area contributed by atoms with Crippen molar-refractivity contribution in [1.29, 1.82) is 5.26 Å². The smallest absolute Gasteiger partial charge is 0.268 e. The van der Waals surface area contributed by atoms with E-state index in [2.05, 4.69) is 20.2 Å². The summed E-state index contributed by atoms with van der Waals surface area (Å²) < 4.78 is 0. The average molecular weight is 307 g/mol. The van der Waals surface area contributed by atoms with Crippen LogP contribution in [0.15, 0.2) is 35.5 Å². The lowest BCUT2D eigenvalue weighted by Gasteiger charge is -2.20. The number of H-pyrrole nitrogens is 1. The normalized spacial score (nSPS) is 17.5. The predicted octanol–water partition coefficient (Wildman–Crippen LogP) is 0.838. The monoisotopic (exact) mass is 307 g/mol. The van der Waals surface area contributed by atoms with Crippen LogP contribution in [0.5, 0.6) is 0 Å². The second-order valence-corrected chi connectivity index (χ2v) is 5.43. The molecule has 8 heteroatoms. The van der Waals surface area contributed by atoms with E-state index in [9.17, 15) is 10.1 Å². The van der Waals surface area contributed by atoms with Crippen LogP contribution < -0.4 is 10.5 Å². The van der Waals surface area contributed by atoms with Crippen LogP contribution in [0.3, 0.4) is 0 Å². The molecule has 0 spiro atoms. The van der Waals surface area contributed by atoms with Crippen molar-refractivity contribution in [1.82, 2.24) is 25.0 Å². The first-order chi connectivity index (χ1) is 11.3. The predicted molar refractivity (Wildman–Crippen MR) is 83.0 cm³/mol. The summed E-state index contributed by atoms with van der Waals surface area (Å²) in [5.41, 5.74) is 1.58. The van der Waals surface area contributed by atoms with Crippen LogP contribution in [0.4, 0.5) is 5.69 Å². The van der Waals surface area contributed by atoms with Crippen LogP contribution in [0.1, 0.15) is 18.0 Å². The summed E-state index contributed by atoms with van der Waals surface area (Å²) in [7, 11) is 0. The van der Waals surface area contributed by atoms with Gasteiger partial charge >= 0.3 is 0 Å². The van der Waals surface area contributed by atoms with E-state index in [1.54, 1.807) is 35.5 Å². The molecule has 1 aliphatic heterocycles. The quantitative estimate of drug-likeness (QED) is 0.752. The SMILES string of the molecule is N#Cc1c(N2CC[C@@H](n3nccn3)C2)c2ncccc2[nH]c1=O. The van der Waals surface area contributed by atoms with Gasteiger partial charge in [0.2, 0.25) is 0 Å². The number of anilines is 1. The number of pyridine rings is 2. The lowest BCUT2D eigenvalue weighted by Crippen LogP contribution is -2.26. The van der Waals surface area contributed by atoms with E-state index in [4.69, 9.17) is 0 Å². The fourth-order valence-corrected chi connectivity index (χ4v) is 3.07. The highest BCUT2D eigenvalue weighted by Gasteiger charge is 2.29. The number of nitrogens with zero attached hydrogens (tertiary/aromatic N) is 6. The summed E-state index contributed by atoms with van der Waals surface area (Å²) in [6, 6.07) is 5.69. The Bertz CT molecular complexity index is 954. The highest BCUT2D eigenvalue weighted by molar-refractivity contribution is 5.91. The fraction of sp³-hybridized carbons (Fsp3) is 0.267. The standard InChI is InChI=1S/C15H13N7O/c16-8-11-14(13-12(20-15(11)23)2-1-4-17-13)21-7-3-10(9-21)22-18-5-6-19-22/h1-2,4-6,10H,3,7,9H2,(H,20,23)/t10-/m1/s1. The molecule has 0 unspecified atom stereocenters. The molecule has 1 saturated heterocycles. The summed E-state index contributed by atoms with van der Waals surface area (Å²) in [5.74, 6) is 0. The van der Waals surface area contributed by atoms with E-state index < -0.39 is 0 Å². The van der Waals surface area contributed by atoms with Gasteiger partial charge in [0, 0.05) is 19.3 Å².